The minimum absolute atomic E-state index is 0.109. The van der Waals surface area contributed by atoms with Crippen molar-refractivity contribution in [1.29, 1.82) is 0 Å². The maximum Gasteiger partial charge on any atom is 0.225 e. The number of methoxy groups -OCH3 is 1. The van der Waals surface area contributed by atoms with E-state index in [4.69, 9.17) is 10.5 Å². The highest BCUT2D eigenvalue weighted by Gasteiger charge is 2.27. The van der Waals surface area contributed by atoms with Gasteiger partial charge in [-0.25, -0.2) is 0 Å². The topological polar surface area (TPSA) is 58.8 Å². The fourth-order valence-electron chi connectivity index (χ4n) is 2.95. The van der Waals surface area contributed by atoms with Gasteiger partial charge in [0.05, 0.1) is 12.5 Å². The Labute approximate surface area is 133 Å². The number of ether oxygens (including phenoxy) is 1. The molecule has 1 saturated heterocycles. The van der Waals surface area contributed by atoms with Crippen LogP contribution in [0, 0.1) is 0 Å². The normalized spacial score (nSPS) is 19.8. The van der Waals surface area contributed by atoms with E-state index in [1.54, 1.807) is 7.11 Å². The summed E-state index contributed by atoms with van der Waals surface area (Å²) in [5.74, 6) is 0.109. The van der Waals surface area contributed by atoms with Crippen LogP contribution >= 0.6 is 0 Å². The molecule has 1 aliphatic rings. The summed E-state index contributed by atoms with van der Waals surface area (Å²) < 4.78 is 5.22. The number of likely N-dealkylation sites (N-methyl/N-ethyl adjacent to an activating group) is 1. The first kappa shape index (κ1) is 16.8. The molecule has 2 N–H and O–H groups in total. The van der Waals surface area contributed by atoms with Crippen molar-refractivity contribution in [1.82, 2.24) is 4.90 Å². The van der Waals surface area contributed by atoms with E-state index in [-0.39, 0.29) is 18.1 Å². The fraction of sp³-hybridized carbons (Fsp3) is 0.588. The van der Waals surface area contributed by atoms with E-state index in [1.165, 1.54) is 5.69 Å². The molecular weight excluding hydrogens is 278 g/mol. The molecule has 2 unspecified atom stereocenters. The lowest BCUT2D eigenvalue weighted by molar-refractivity contribution is -0.134. The lowest BCUT2D eigenvalue weighted by Gasteiger charge is -2.39. The summed E-state index contributed by atoms with van der Waals surface area (Å²) in [5, 5.41) is 0. The first-order chi connectivity index (χ1) is 10.7. The predicted octanol–water partition coefficient (Wildman–Crippen LogP) is 1.48. The molecule has 0 radical (unpaired) electrons. The van der Waals surface area contributed by atoms with Gasteiger partial charge >= 0.3 is 0 Å². The molecule has 0 saturated carbocycles. The highest BCUT2D eigenvalue weighted by atomic mass is 16.5. The number of carbonyl (C=O) groups excluding carboxylic acids is 1. The van der Waals surface area contributed by atoms with Gasteiger partial charge in [-0.3, -0.25) is 4.79 Å². The van der Waals surface area contributed by atoms with Crippen molar-refractivity contribution in [2.45, 2.75) is 31.4 Å². The van der Waals surface area contributed by atoms with Crippen LogP contribution in [0.5, 0.6) is 0 Å². The van der Waals surface area contributed by atoms with E-state index in [2.05, 4.69) is 29.2 Å². The Morgan fingerprint density at radius 3 is 2.82 bits per heavy atom. The van der Waals surface area contributed by atoms with E-state index in [1.807, 2.05) is 18.0 Å². The number of piperidine rings is 1. The van der Waals surface area contributed by atoms with Crippen molar-refractivity contribution in [2.75, 3.05) is 38.7 Å². The molecule has 22 heavy (non-hydrogen) atoms. The number of benzene rings is 1. The maximum atomic E-state index is 12.4. The molecule has 0 spiro atoms. The van der Waals surface area contributed by atoms with Crippen molar-refractivity contribution < 1.29 is 9.53 Å². The number of rotatable bonds is 6. The van der Waals surface area contributed by atoms with Gasteiger partial charge in [0, 0.05) is 45.5 Å². The van der Waals surface area contributed by atoms with Crippen LogP contribution < -0.4 is 10.6 Å². The number of nitrogens with zero attached hydrogens (tertiary/aromatic N) is 2. The third kappa shape index (κ3) is 4.21. The van der Waals surface area contributed by atoms with Gasteiger partial charge in [-0.1, -0.05) is 18.2 Å². The van der Waals surface area contributed by atoms with Gasteiger partial charge in [0.15, 0.2) is 0 Å². The number of hydrogen-bond acceptors (Lipinski definition) is 4. The van der Waals surface area contributed by atoms with Crippen LogP contribution in [-0.4, -0.2) is 56.7 Å². The van der Waals surface area contributed by atoms with Crippen molar-refractivity contribution in [3.05, 3.63) is 30.3 Å². The number of nitrogens with two attached hydrogens (primary N) is 1. The molecule has 0 aromatic heterocycles. The summed E-state index contributed by atoms with van der Waals surface area (Å²) in [7, 11) is 3.49. The summed E-state index contributed by atoms with van der Waals surface area (Å²) in [6, 6.07) is 10.6. The number of hydrogen-bond donors (Lipinski definition) is 1. The molecule has 2 atom stereocenters. The molecule has 1 aliphatic heterocycles. The average molecular weight is 305 g/mol. The third-order valence-corrected chi connectivity index (χ3v) is 4.46. The maximum absolute atomic E-state index is 12.4. The molecule has 1 aromatic carbocycles. The predicted molar refractivity (Wildman–Crippen MR) is 88.9 cm³/mol. The number of para-hydroxylation sites is 1. The van der Waals surface area contributed by atoms with Gasteiger partial charge in [0.25, 0.3) is 0 Å². The van der Waals surface area contributed by atoms with Crippen molar-refractivity contribution >= 4 is 11.6 Å². The largest absolute Gasteiger partial charge is 0.380 e. The van der Waals surface area contributed by atoms with Gasteiger partial charge in [0.1, 0.15) is 0 Å². The van der Waals surface area contributed by atoms with E-state index >= 15 is 0 Å². The highest BCUT2D eigenvalue weighted by Crippen LogP contribution is 2.22. The van der Waals surface area contributed by atoms with Crippen molar-refractivity contribution in [2.24, 2.45) is 5.73 Å². The van der Waals surface area contributed by atoms with Crippen LogP contribution in [0.25, 0.3) is 0 Å². The summed E-state index contributed by atoms with van der Waals surface area (Å²) in [6.07, 6.45) is 2.31. The number of anilines is 1. The van der Waals surface area contributed by atoms with E-state index < -0.39 is 0 Å². The van der Waals surface area contributed by atoms with Gasteiger partial charge in [0.2, 0.25) is 5.91 Å². The van der Waals surface area contributed by atoms with Crippen molar-refractivity contribution in [3.8, 4) is 0 Å². The zero-order valence-electron chi connectivity index (χ0n) is 13.6. The Kier molecular flexibility index (Phi) is 6.21. The minimum Gasteiger partial charge on any atom is -0.380 e. The van der Waals surface area contributed by atoms with Crippen molar-refractivity contribution in [3.63, 3.8) is 0 Å². The lowest BCUT2D eigenvalue weighted by Crippen LogP contribution is -2.49. The number of amides is 1. The quantitative estimate of drug-likeness (QED) is 0.865. The molecular formula is C17H27N3O2. The van der Waals surface area contributed by atoms with E-state index in [9.17, 15) is 4.79 Å². The van der Waals surface area contributed by atoms with E-state index in [0.717, 1.165) is 25.9 Å². The molecule has 1 aromatic rings. The lowest BCUT2D eigenvalue weighted by atomic mass is 10.0. The second-order valence-corrected chi connectivity index (χ2v) is 5.88. The van der Waals surface area contributed by atoms with Crippen LogP contribution in [0.15, 0.2) is 30.3 Å². The van der Waals surface area contributed by atoms with E-state index in [0.29, 0.717) is 13.0 Å². The molecule has 1 heterocycles. The fourth-order valence-corrected chi connectivity index (χ4v) is 2.95. The molecule has 0 bridgehead atoms. The standard InChI is InChI=1S/C17H27N3O2/c1-19(17(21)11-16(12-18)22-2)15-9-6-10-20(13-15)14-7-4-3-5-8-14/h3-5,7-8,15-16H,6,9-13,18H2,1-2H3. The van der Waals surface area contributed by atoms with Crippen LogP contribution in [0.2, 0.25) is 0 Å². The Balaban J connectivity index is 1.95. The second kappa shape index (κ2) is 8.15. The zero-order chi connectivity index (χ0) is 15.9. The van der Waals surface area contributed by atoms with Gasteiger partial charge in [-0.2, -0.15) is 0 Å². The third-order valence-electron chi connectivity index (χ3n) is 4.46. The van der Waals surface area contributed by atoms with Gasteiger partial charge < -0.3 is 20.3 Å². The monoisotopic (exact) mass is 305 g/mol. The van der Waals surface area contributed by atoms with Crippen LogP contribution in [-0.2, 0) is 9.53 Å². The molecule has 122 valence electrons. The van der Waals surface area contributed by atoms with Crippen LogP contribution in [0.4, 0.5) is 5.69 Å². The SMILES string of the molecule is COC(CN)CC(=O)N(C)C1CCCN(c2ccccc2)C1. The summed E-state index contributed by atoms with van der Waals surface area (Å²) in [6.45, 7) is 2.30. The smallest absolute Gasteiger partial charge is 0.225 e. The van der Waals surface area contributed by atoms with Gasteiger partial charge in [-0.15, -0.1) is 0 Å². The van der Waals surface area contributed by atoms with Crippen LogP contribution in [0.1, 0.15) is 19.3 Å². The molecule has 5 nitrogen and oxygen atoms in total. The molecule has 1 amide bonds. The zero-order valence-corrected chi connectivity index (χ0v) is 13.6. The summed E-state index contributed by atoms with van der Waals surface area (Å²) in [4.78, 5) is 16.6. The minimum atomic E-state index is -0.191. The Bertz CT molecular complexity index is 462. The Hall–Kier alpha value is -1.59. The van der Waals surface area contributed by atoms with Crippen LogP contribution in [0.3, 0.4) is 0 Å². The number of carbonyl (C=O) groups is 1. The molecule has 1 fully saturated rings. The molecule has 5 heteroatoms. The average Bonchev–Trinajstić information content (AvgIpc) is 2.59. The first-order valence-corrected chi connectivity index (χ1v) is 7.94. The molecule has 2 rings (SSSR count). The molecule has 0 aliphatic carbocycles. The van der Waals surface area contributed by atoms with Gasteiger partial charge in [-0.05, 0) is 25.0 Å². The second-order valence-electron chi connectivity index (χ2n) is 5.88. The summed E-state index contributed by atoms with van der Waals surface area (Å²) >= 11 is 0. The first-order valence-electron chi connectivity index (χ1n) is 7.94. The highest BCUT2D eigenvalue weighted by molar-refractivity contribution is 5.77. The Morgan fingerprint density at radius 2 is 2.18 bits per heavy atom. The Morgan fingerprint density at radius 1 is 1.45 bits per heavy atom. The summed E-state index contributed by atoms with van der Waals surface area (Å²) in [5.41, 5.74) is 6.83.